The van der Waals surface area contributed by atoms with Crippen LogP contribution in [-0.2, 0) is 0 Å². The van der Waals surface area contributed by atoms with E-state index in [1.165, 1.54) is 23.0 Å². The number of fused-ring (bicyclic) bond motifs is 1. The number of pyridine rings is 1. The fourth-order valence-electron chi connectivity index (χ4n) is 1.45. The molecule has 4 nitrogen and oxygen atoms in total. The Morgan fingerprint density at radius 1 is 1.39 bits per heavy atom. The van der Waals surface area contributed by atoms with Crippen LogP contribution >= 0.6 is 0 Å². The molecule has 0 aromatic carbocycles. The fraction of sp³-hybridized carbons (Fsp3) is 0.273. The number of carbonyl (C=O) groups excluding carboxylic acids is 1. The maximum absolute atomic E-state index is 11.9. The van der Waals surface area contributed by atoms with Crippen LogP contribution in [0.5, 0.6) is 5.75 Å². The maximum Gasteiger partial charge on any atom is 0.392 e. The average molecular weight is 258 g/mol. The topological polar surface area (TPSA) is 43.6 Å². The highest BCUT2D eigenvalue weighted by Gasteiger charge is 2.26. The fourth-order valence-corrected chi connectivity index (χ4v) is 1.45. The molecule has 0 aliphatic heterocycles. The van der Waals surface area contributed by atoms with Gasteiger partial charge < -0.3 is 4.74 Å². The van der Waals surface area contributed by atoms with Crippen molar-refractivity contribution in [3.63, 3.8) is 0 Å². The van der Waals surface area contributed by atoms with Gasteiger partial charge in [0.05, 0.1) is 36.5 Å². The Morgan fingerprint density at radius 2 is 2.17 bits per heavy atom. The molecule has 2 rings (SSSR count). The lowest BCUT2D eigenvalue weighted by Gasteiger charge is -2.08. The van der Waals surface area contributed by atoms with Crippen LogP contribution in [0.1, 0.15) is 16.8 Å². The van der Waals surface area contributed by atoms with E-state index in [0.29, 0.717) is 17.4 Å². The molecule has 7 heteroatoms. The molecule has 2 aromatic heterocycles. The van der Waals surface area contributed by atoms with E-state index in [9.17, 15) is 18.0 Å². The van der Waals surface area contributed by atoms with Crippen molar-refractivity contribution in [2.24, 2.45) is 0 Å². The van der Waals surface area contributed by atoms with Gasteiger partial charge in [0.1, 0.15) is 5.75 Å². The number of carbonyl (C=O) groups is 1. The predicted molar refractivity (Wildman–Crippen MR) is 56.7 cm³/mol. The molecule has 2 heterocycles. The summed E-state index contributed by atoms with van der Waals surface area (Å²) in [5, 5.41) is 3.89. The SMILES string of the molecule is O=Cc1cnn2cc(OCCC(F)(F)F)ccc12. The zero-order chi connectivity index (χ0) is 13.2. The van der Waals surface area contributed by atoms with E-state index in [1.54, 1.807) is 6.07 Å². The summed E-state index contributed by atoms with van der Waals surface area (Å²) in [6.07, 6.45) is -1.78. The van der Waals surface area contributed by atoms with E-state index in [-0.39, 0.29) is 5.75 Å². The van der Waals surface area contributed by atoms with Crippen molar-refractivity contribution in [2.45, 2.75) is 12.6 Å². The number of nitrogens with zero attached hydrogens (tertiary/aromatic N) is 2. The van der Waals surface area contributed by atoms with Gasteiger partial charge >= 0.3 is 6.18 Å². The summed E-state index contributed by atoms with van der Waals surface area (Å²) in [7, 11) is 0. The van der Waals surface area contributed by atoms with Crippen molar-refractivity contribution in [3.8, 4) is 5.75 Å². The van der Waals surface area contributed by atoms with Gasteiger partial charge in [-0.1, -0.05) is 0 Å². The van der Waals surface area contributed by atoms with Crippen LogP contribution in [0.25, 0.3) is 5.52 Å². The summed E-state index contributed by atoms with van der Waals surface area (Å²) >= 11 is 0. The number of ether oxygens (including phenoxy) is 1. The first-order chi connectivity index (χ1) is 8.49. The van der Waals surface area contributed by atoms with E-state index in [0.717, 1.165) is 0 Å². The highest BCUT2D eigenvalue weighted by molar-refractivity contribution is 5.85. The van der Waals surface area contributed by atoms with E-state index < -0.39 is 19.2 Å². The van der Waals surface area contributed by atoms with Crippen LogP contribution in [0.4, 0.5) is 13.2 Å². The van der Waals surface area contributed by atoms with Crippen molar-refractivity contribution >= 4 is 11.8 Å². The minimum Gasteiger partial charge on any atom is -0.492 e. The quantitative estimate of drug-likeness (QED) is 0.791. The van der Waals surface area contributed by atoms with Crippen molar-refractivity contribution in [1.82, 2.24) is 9.61 Å². The number of aromatic nitrogens is 2. The second kappa shape index (κ2) is 4.67. The number of aldehydes is 1. The van der Waals surface area contributed by atoms with Crippen molar-refractivity contribution < 1.29 is 22.7 Å². The third kappa shape index (κ3) is 2.79. The minimum absolute atomic E-state index is 0.271. The number of halogens is 3. The molecule has 0 atom stereocenters. The van der Waals surface area contributed by atoms with Crippen LogP contribution in [-0.4, -0.2) is 28.7 Å². The Kier molecular flexibility index (Phi) is 3.22. The van der Waals surface area contributed by atoms with Gasteiger partial charge in [-0.25, -0.2) is 4.52 Å². The molecular weight excluding hydrogens is 249 g/mol. The summed E-state index contributed by atoms with van der Waals surface area (Å²) in [6.45, 7) is -0.448. The zero-order valence-electron chi connectivity index (χ0n) is 9.15. The van der Waals surface area contributed by atoms with Gasteiger partial charge in [-0.15, -0.1) is 0 Å². The third-order valence-corrected chi connectivity index (χ3v) is 2.30. The molecule has 0 bridgehead atoms. The van der Waals surface area contributed by atoms with Crippen LogP contribution in [0.2, 0.25) is 0 Å². The molecule has 0 radical (unpaired) electrons. The van der Waals surface area contributed by atoms with Gasteiger partial charge in [-0.2, -0.15) is 18.3 Å². The normalized spacial score (nSPS) is 11.7. The Hall–Kier alpha value is -2.05. The van der Waals surface area contributed by atoms with Gasteiger partial charge in [0.25, 0.3) is 0 Å². The minimum atomic E-state index is -4.24. The smallest absolute Gasteiger partial charge is 0.392 e. The molecule has 0 aliphatic carbocycles. The van der Waals surface area contributed by atoms with Gasteiger partial charge in [0, 0.05) is 0 Å². The molecule has 96 valence electrons. The molecule has 0 N–H and O–H groups in total. The first kappa shape index (κ1) is 12.4. The molecular formula is C11H9F3N2O2. The number of alkyl halides is 3. The molecule has 18 heavy (non-hydrogen) atoms. The van der Waals surface area contributed by atoms with E-state index in [1.807, 2.05) is 0 Å². The number of hydrogen-bond donors (Lipinski definition) is 0. The van der Waals surface area contributed by atoms with Gasteiger partial charge in [0.15, 0.2) is 6.29 Å². The lowest BCUT2D eigenvalue weighted by atomic mass is 10.3. The van der Waals surface area contributed by atoms with Gasteiger partial charge in [0.2, 0.25) is 0 Å². The van der Waals surface area contributed by atoms with E-state index >= 15 is 0 Å². The molecule has 0 spiro atoms. The summed E-state index contributed by atoms with van der Waals surface area (Å²) in [4.78, 5) is 10.6. The zero-order valence-corrected chi connectivity index (χ0v) is 9.15. The lowest BCUT2D eigenvalue weighted by molar-refractivity contribution is -0.139. The first-order valence-corrected chi connectivity index (χ1v) is 5.12. The second-order valence-electron chi connectivity index (χ2n) is 3.63. The molecule has 0 unspecified atom stereocenters. The molecule has 0 fully saturated rings. The Balaban J connectivity index is 2.09. The predicted octanol–water partition coefficient (Wildman–Crippen LogP) is 2.48. The Labute approximate surface area is 100.0 Å². The van der Waals surface area contributed by atoms with Crippen molar-refractivity contribution in [3.05, 3.63) is 30.1 Å². The van der Waals surface area contributed by atoms with Crippen LogP contribution in [0.3, 0.4) is 0 Å². The third-order valence-electron chi connectivity index (χ3n) is 2.30. The highest BCUT2D eigenvalue weighted by atomic mass is 19.4. The van der Waals surface area contributed by atoms with E-state index in [2.05, 4.69) is 5.10 Å². The van der Waals surface area contributed by atoms with Gasteiger partial charge in [-0.3, -0.25) is 4.79 Å². The van der Waals surface area contributed by atoms with Crippen LogP contribution in [0, 0.1) is 0 Å². The largest absolute Gasteiger partial charge is 0.492 e. The lowest BCUT2D eigenvalue weighted by Crippen LogP contribution is -2.13. The van der Waals surface area contributed by atoms with Gasteiger partial charge in [-0.05, 0) is 12.1 Å². The Bertz CT molecular complexity index is 563. The molecule has 0 aliphatic rings. The summed E-state index contributed by atoms with van der Waals surface area (Å²) in [5.74, 6) is 0.271. The summed E-state index contributed by atoms with van der Waals surface area (Å²) in [6, 6.07) is 3.07. The molecule has 0 amide bonds. The number of rotatable bonds is 4. The van der Waals surface area contributed by atoms with Crippen molar-refractivity contribution in [1.29, 1.82) is 0 Å². The van der Waals surface area contributed by atoms with E-state index in [4.69, 9.17) is 4.74 Å². The van der Waals surface area contributed by atoms with Crippen LogP contribution in [0.15, 0.2) is 24.5 Å². The Morgan fingerprint density at radius 3 is 2.83 bits per heavy atom. The summed E-state index contributed by atoms with van der Waals surface area (Å²) in [5.41, 5.74) is 0.991. The highest BCUT2D eigenvalue weighted by Crippen LogP contribution is 2.21. The average Bonchev–Trinajstić information content (AvgIpc) is 2.69. The standard InChI is InChI=1S/C11H9F3N2O2/c12-11(13,14)3-4-18-9-1-2-10-8(7-17)5-15-16(10)6-9/h1-2,5-7H,3-4H2. The molecule has 0 saturated carbocycles. The van der Waals surface area contributed by atoms with Crippen LogP contribution < -0.4 is 4.74 Å². The first-order valence-electron chi connectivity index (χ1n) is 5.12. The molecule has 2 aromatic rings. The second-order valence-corrected chi connectivity index (χ2v) is 3.63. The summed E-state index contributed by atoms with van der Waals surface area (Å²) < 4.78 is 42.1. The number of hydrogen-bond acceptors (Lipinski definition) is 3. The molecule has 0 saturated heterocycles. The van der Waals surface area contributed by atoms with Crippen molar-refractivity contribution in [2.75, 3.05) is 6.61 Å². The maximum atomic E-state index is 11.9. The monoisotopic (exact) mass is 258 g/mol.